The molecule has 4 rings (SSSR count). The second kappa shape index (κ2) is 7.27. The van der Waals surface area contributed by atoms with Gasteiger partial charge in [0.15, 0.2) is 5.78 Å². The van der Waals surface area contributed by atoms with Gasteiger partial charge in [-0.25, -0.2) is 4.98 Å². The van der Waals surface area contributed by atoms with E-state index in [0.29, 0.717) is 11.3 Å². The lowest BCUT2D eigenvalue weighted by Gasteiger charge is -2.30. The summed E-state index contributed by atoms with van der Waals surface area (Å²) in [4.78, 5) is 30.1. The second-order valence-electron chi connectivity index (χ2n) is 6.92. The van der Waals surface area contributed by atoms with Crippen LogP contribution in [0.25, 0.3) is 17.0 Å². The van der Waals surface area contributed by atoms with Crippen molar-refractivity contribution in [2.45, 2.75) is 12.3 Å². The van der Waals surface area contributed by atoms with Crippen molar-refractivity contribution in [2.75, 3.05) is 7.05 Å². The summed E-state index contributed by atoms with van der Waals surface area (Å²) in [6, 6.07) is 18.6. The molecule has 0 saturated heterocycles. The number of hydrogen-bond acceptors (Lipinski definition) is 4. The van der Waals surface area contributed by atoms with E-state index in [1.807, 2.05) is 48.5 Å². The van der Waals surface area contributed by atoms with Crippen LogP contribution in [0, 0.1) is 5.92 Å². The fourth-order valence-corrected chi connectivity index (χ4v) is 3.82. The number of nitrogens with zero attached hydrogens (tertiary/aromatic N) is 1. The van der Waals surface area contributed by atoms with Crippen LogP contribution in [0.15, 0.2) is 66.4 Å². The average molecular weight is 372 g/mol. The summed E-state index contributed by atoms with van der Waals surface area (Å²) in [6.45, 7) is 0. The number of benzene rings is 2. The quantitative estimate of drug-likeness (QED) is 0.682. The van der Waals surface area contributed by atoms with Gasteiger partial charge in [0.25, 0.3) is 0 Å². The van der Waals surface area contributed by atoms with E-state index < -0.39 is 11.8 Å². The minimum absolute atomic E-state index is 0.0690. The minimum Gasteiger partial charge on any atom is -0.511 e. The number of ketones is 1. The fraction of sp³-hybridized carbons (Fsp3) is 0.174. The first-order valence-corrected chi connectivity index (χ1v) is 9.18. The Labute approximate surface area is 162 Å². The number of pyridine rings is 1. The molecule has 0 bridgehead atoms. The summed E-state index contributed by atoms with van der Waals surface area (Å²) in [5.41, 5.74) is 2.79. The van der Waals surface area contributed by atoms with Crippen LogP contribution in [0.1, 0.15) is 34.0 Å². The lowest BCUT2D eigenvalue weighted by atomic mass is 9.75. The lowest BCUT2D eigenvalue weighted by Crippen LogP contribution is -2.36. The van der Waals surface area contributed by atoms with Crippen LogP contribution in [-0.4, -0.2) is 28.8 Å². The van der Waals surface area contributed by atoms with E-state index in [4.69, 9.17) is 0 Å². The molecule has 1 aliphatic rings. The first-order chi connectivity index (χ1) is 13.6. The van der Waals surface area contributed by atoms with Crippen molar-refractivity contribution in [3.05, 3.63) is 83.2 Å². The van der Waals surface area contributed by atoms with Gasteiger partial charge in [-0.15, -0.1) is 0 Å². The third-order valence-electron chi connectivity index (χ3n) is 5.22. The number of aromatic nitrogens is 1. The van der Waals surface area contributed by atoms with Crippen LogP contribution in [0.2, 0.25) is 0 Å². The van der Waals surface area contributed by atoms with Gasteiger partial charge in [0, 0.05) is 36.4 Å². The number of aliphatic hydroxyl groups is 1. The van der Waals surface area contributed by atoms with Crippen LogP contribution < -0.4 is 5.32 Å². The number of Topliss-reactive ketones (excluding diaryl/α,β-unsaturated/α-hetero) is 1. The molecule has 2 aromatic carbocycles. The Balaban J connectivity index is 1.82. The first-order valence-electron chi connectivity index (χ1n) is 9.18. The highest BCUT2D eigenvalue weighted by Crippen LogP contribution is 2.41. The molecule has 28 heavy (non-hydrogen) atoms. The van der Waals surface area contributed by atoms with Crippen LogP contribution in [-0.2, 0) is 4.79 Å². The number of fused-ring (bicyclic) bond motifs is 2. The van der Waals surface area contributed by atoms with E-state index in [0.717, 1.165) is 16.5 Å². The van der Waals surface area contributed by atoms with Gasteiger partial charge in [0.1, 0.15) is 11.7 Å². The summed E-state index contributed by atoms with van der Waals surface area (Å²) in [6.07, 6.45) is 1.64. The van der Waals surface area contributed by atoms with Gasteiger partial charge in [0.2, 0.25) is 5.91 Å². The number of amides is 1. The van der Waals surface area contributed by atoms with E-state index in [1.165, 1.54) is 13.1 Å². The Bertz CT molecular complexity index is 1090. The van der Waals surface area contributed by atoms with Crippen LogP contribution >= 0.6 is 0 Å². The van der Waals surface area contributed by atoms with Crippen molar-refractivity contribution in [1.82, 2.24) is 10.3 Å². The zero-order chi connectivity index (χ0) is 19.7. The largest absolute Gasteiger partial charge is 0.511 e. The van der Waals surface area contributed by atoms with E-state index >= 15 is 0 Å². The van der Waals surface area contributed by atoms with Gasteiger partial charge >= 0.3 is 0 Å². The van der Waals surface area contributed by atoms with Crippen molar-refractivity contribution in [2.24, 2.45) is 5.92 Å². The van der Waals surface area contributed by atoms with E-state index in [2.05, 4.69) is 10.3 Å². The molecule has 3 aromatic rings. The molecule has 0 radical (unpaired) electrons. The van der Waals surface area contributed by atoms with Crippen molar-refractivity contribution >= 4 is 28.7 Å². The summed E-state index contributed by atoms with van der Waals surface area (Å²) in [7, 11) is 1.53. The Kier molecular flexibility index (Phi) is 4.65. The molecule has 5 heteroatoms. The molecule has 1 amide bonds. The number of aliphatic hydroxyl groups excluding tert-OH is 1. The number of para-hydroxylation sites is 1. The Morgan fingerprint density at radius 3 is 2.54 bits per heavy atom. The zero-order valence-electron chi connectivity index (χ0n) is 15.4. The normalized spacial score (nSPS) is 18.2. The summed E-state index contributed by atoms with van der Waals surface area (Å²) < 4.78 is 0. The van der Waals surface area contributed by atoms with Gasteiger partial charge in [-0.1, -0.05) is 48.5 Å². The highest BCUT2D eigenvalue weighted by Gasteiger charge is 2.38. The Hall–Kier alpha value is -3.47. The molecule has 2 N–H and O–H groups in total. The van der Waals surface area contributed by atoms with Crippen molar-refractivity contribution in [3.63, 3.8) is 0 Å². The summed E-state index contributed by atoms with van der Waals surface area (Å²) >= 11 is 0. The Morgan fingerprint density at radius 2 is 1.79 bits per heavy atom. The average Bonchev–Trinajstić information content (AvgIpc) is 2.72. The maximum atomic E-state index is 12.9. The molecule has 0 saturated carbocycles. The summed E-state index contributed by atoms with van der Waals surface area (Å²) in [5.74, 6) is -1.79. The smallest absolute Gasteiger partial charge is 0.231 e. The zero-order valence-corrected chi connectivity index (χ0v) is 15.4. The van der Waals surface area contributed by atoms with Crippen LogP contribution in [0.3, 0.4) is 0 Å². The van der Waals surface area contributed by atoms with Gasteiger partial charge in [0.05, 0.1) is 11.2 Å². The number of rotatable bonds is 4. The molecular weight excluding hydrogens is 352 g/mol. The lowest BCUT2D eigenvalue weighted by molar-refractivity contribution is -0.124. The fourth-order valence-electron chi connectivity index (χ4n) is 3.82. The predicted octanol–water partition coefficient (Wildman–Crippen LogP) is 3.87. The molecule has 2 atom stereocenters. The van der Waals surface area contributed by atoms with Gasteiger partial charge in [-0.05, 0) is 17.7 Å². The maximum absolute atomic E-state index is 12.9. The molecule has 1 aliphatic carbocycles. The topological polar surface area (TPSA) is 79.3 Å². The predicted molar refractivity (Wildman–Crippen MR) is 108 cm³/mol. The number of carbonyl (C=O) groups is 2. The molecular formula is C23H20N2O3. The molecule has 140 valence electrons. The van der Waals surface area contributed by atoms with Gasteiger partial charge in [-0.2, -0.15) is 0 Å². The number of carbonyl (C=O) groups excluding carboxylic acids is 2. The minimum atomic E-state index is -0.826. The summed E-state index contributed by atoms with van der Waals surface area (Å²) in [5, 5.41) is 14.1. The second-order valence-corrected chi connectivity index (χ2v) is 6.92. The van der Waals surface area contributed by atoms with Crippen molar-refractivity contribution < 1.29 is 14.7 Å². The highest BCUT2D eigenvalue weighted by atomic mass is 16.3. The number of hydrogen-bond donors (Lipinski definition) is 2. The van der Waals surface area contributed by atoms with E-state index in [1.54, 1.807) is 12.1 Å². The van der Waals surface area contributed by atoms with Crippen molar-refractivity contribution in [1.29, 1.82) is 0 Å². The van der Waals surface area contributed by atoms with Gasteiger partial charge in [-0.3, -0.25) is 9.59 Å². The SMILES string of the molecule is CNC(=O)C1C(O)=Cc2nc3ccccc3cc2C1CC(=O)c1ccccc1. The molecule has 2 unspecified atom stereocenters. The molecule has 0 spiro atoms. The molecule has 0 fully saturated rings. The van der Waals surface area contributed by atoms with E-state index in [9.17, 15) is 14.7 Å². The molecule has 1 heterocycles. The third-order valence-corrected chi connectivity index (χ3v) is 5.22. The Morgan fingerprint density at radius 1 is 1.07 bits per heavy atom. The molecule has 1 aromatic heterocycles. The standard InChI is InChI=1S/C23H20N2O3/c1-24-23(28)22-17(12-20(26)14-7-3-2-4-8-14)16-11-15-9-5-6-10-18(15)25-19(16)13-21(22)27/h2-11,13,17,22,27H,12H2,1H3,(H,24,28). The van der Waals surface area contributed by atoms with Crippen molar-refractivity contribution in [3.8, 4) is 0 Å². The first kappa shape index (κ1) is 17.9. The van der Waals surface area contributed by atoms with E-state index in [-0.39, 0.29) is 23.9 Å². The number of nitrogens with one attached hydrogen (secondary N) is 1. The molecule has 0 aliphatic heterocycles. The maximum Gasteiger partial charge on any atom is 0.231 e. The van der Waals surface area contributed by atoms with Gasteiger partial charge < -0.3 is 10.4 Å². The molecule has 5 nitrogen and oxygen atoms in total. The van der Waals surface area contributed by atoms with Crippen LogP contribution in [0.5, 0.6) is 0 Å². The third kappa shape index (κ3) is 3.16. The highest BCUT2D eigenvalue weighted by molar-refractivity contribution is 5.98. The monoisotopic (exact) mass is 372 g/mol. The van der Waals surface area contributed by atoms with Crippen LogP contribution in [0.4, 0.5) is 0 Å².